The minimum atomic E-state index is -0.918. The largest absolute Gasteiger partial charge is 0.484 e. The minimum Gasteiger partial charge on any atom is -0.484 e. The van der Waals surface area contributed by atoms with Crippen molar-refractivity contribution in [2.24, 2.45) is 5.92 Å². The standard InChI is InChI=1S/C16H20N2O3/c1-11(2)16(4,10-17)18-15(20)9-21-14-7-5-13(6-8-14)12(3)19/h5-8,11H,9H2,1-4H3,(H,18,20). The number of Topliss-reactive ketones (excluding diaryl/α,β-unsaturated/α-hetero) is 1. The number of benzene rings is 1. The van der Waals surface area contributed by atoms with E-state index < -0.39 is 5.54 Å². The maximum Gasteiger partial charge on any atom is 0.259 e. The van der Waals surface area contributed by atoms with Crippen LogP contribution in [0.1, 0.15) is 38.1 Å². The summed E-state index contributed by atoms with van der Waals surface area (Å²) in [5.41, 5.74) is -0.331. The summed E-state index contributed by atoms with van der Waals surface area (Å²) in [7, 11) is 0. The number of hydrogen-bond acceptors (Lipinski definition) is 4. The molecule has 0 spiro atoms. The van der Waals surface area contributed by atoms with Gasteiger partial charge in [-0.25, -0.2) is 0 Å². The highest BCUT2D eigenvalue weighted by atomic mass is 16.5. The van der Waals surface area contributed by atoms with E-state index in [0.29, 0.717) is 11.3 Å². The highest BCUT2D eigenvalue weighted by molar-refractivity contribution is 5.94. The Morgan fingerprint density at radius 3 is 2.33 bits per heavy atom. The Bertz CT molecular complexity index is 558. The fourth-order valence-corrected chi connectivity index (χ4v) is 1.56. The summed E-state index contributed by atoms with van der Waals surface area (Å²) in [4.78, 5) is 23.0. The number of carbonyl (C=O) groups is 2. The van der Waals surface area contributed by atoms with Crippen LogP contribution in [-0.4, -0.2) is 23.8 Å². The zero-order chi connectivity index (χ0) is 16.0. The monoisotopic (exact) mass is 288 g/mol. The molecule has 0 bridgehead atoms. The second kappa shape index (κ2) is 6.89. The van der Waals surface area contributed by atoms with Crippen LogP contribution in [0.25, 0.3) is 0 Å². The number of rotatable bonds is 6. The second-order valence-corrected chi connectivity index (χ2v) is 5.39. The van der Waals surface area contributed by atoms with Gasteiger partial charge in [0.25, 0.3) is 5.91 Å². The molecule has 0 radical (unpaired) electrons. The molecule has 1 atom stereocenters. The summed E-state index contributed by atoms with van der Waals surface area (Å²) in [5.74, 6) is 0.101. The second-order valence-electron chi connectivity index (χ2n) is 5.39. The van der Waals surface area contributed by atoms with E-state index in [-0.39, 0.29) is 24.2 Å². The number of amides is 1. The van der Waals surface area contributed by atoms with Crippen molar-refractivity contribution in [2.45, 2.75) is 33.2 Å². The van der Waals surface area contributed by atoms with Crippen LogP contribution in [0.15, 0.2) is 24.3 Å². The normalized spacial score (nSPS) is 13.1. The SMILES string of the molecule is CC(=O)c1ccc(OCC(=O)NC(C)(C#N)C(C)C)cc1. The number of nitrogens with one attached hydrogen (secondary N) is 1. The highest BCUT2D eigenvalue weighted by Gasteiger charge is 2.29. The highest BCUT2D eigenvalue weighted by Crippen LogP contribution is 2.15. The van der Waals surface area contributed by atoms with Crippen molar-refractivity contribution < 1.29 is 14.3 Å². The smallest absolute Gasteiger partial charge is 0.259 e. The summed E-state index contributed by atoms with van der Waals surface area (Å²) in [6.07, 6.45) is 0. The fourth-order valence-electron chi connectivity index (χ4n) is 1.56. The molecule has 0 heterocycles. The zero-order valence-electron chi connectivity index (χ0n) is 12.8. The van der Waals surface area contributed by atoms with Crippen molar-refractivity contribution in [1.29, 1.82) is 5.26 Å². The van der Waals surface area contributed by atoms with Crippen molar-refractivity contribution in [3.8, 4) is 11.8 Å². The average Bonchev–Trinajstić information content (AvgIpc) is 2.45. The lowest BCUT2D eigenvalue weighted by Gasteiger charge is -2.27. The van der Waals surface area contributed by atoms with E-state index in [4.69, 9.17) is 10.00 Å². The van der Waals surface area contributed by atoms with Crippen molar-refractivity contribution in [1.82, 2.24) is 5.32 Å². The van der Waals surface area contributed by atoms with E-state index in [9.17, 15) is 9.59 Å². The Morgan fingerprint density at radius 2 is 1.90 bits per heavy atom. The van der Waals surface area contributed by atoms with Crippen LogP contribution in [-0.2, 0) is 4.79 Å². The summed E-state index contributed by atoms with van der Waals surface area (Å²) in [6, 6.07) is 8.66. The first-order valence-corrected chi connectivity index (χ1v) is 6.74. The predicted molar refractivity (Wildman–Crippen MR) is 78.9 cm³/mol. The first-order valence-electron chi connectivity index (χ1n) is 6.74. The van der Waals surface area contributed by atoms with Crippen molar-refractivity contribution in [3.05, 3.63) is 29.8 Å². The van der Waals surface area contributed by atoms with E-state index in [1.165, 1.54) is 6.92 Å². The number of nitriles is 1. The average molecular weight is 288 g/mol. The number of carbonyl (C=O) groups excluding carboxylic acids is 2. The molecular weight excluding hydrogens is 268 g/mol. The molecule has 21 heavy (non-hydrogen) atoms. The van der Waals surface area contributed by atoms with Gasteiger partial charge in [-0.3, -0.25) is 9.59 Å². The lowest BCUT2D eigenvalue weighted by Crippen LogP contribution is -2.50. The minimum absolute atomic E-state index is 0.0127. The third kappa shape index (κ3) is 4.60. The van der Waals surface area contributed by atoms with Gasteiger partial charge in [0.2, 0.25) is 0 Å². The molecule has 1 N–H and O–H groups in total. The van der Waals surface area contributed by atoms with Gasteiger partial charge in [0, 0.05) is 5.56 Å². The van der Waals surface area contributed by atoms with Crippen LogP contribution in [0, 0.1) is 17.2 Å². The molecule has 0 aliphatic rings. The molecule has 0 fully saturated rings. The maximum absolute atomic E-state index is 11.8. The number of ketones is 1. The Kier molecular flexibility index (Phi) is 5.48. The van der Waals surface area contributed by atoms with E-state index in [1.807, 2.05) is 13.8 Å². The maximum atomic E-state index is 11.8. The molecule has 1 aromatic carbocycles. The van der Waals surface area contributed by atoms with Crippen LogP contribution < -0.4 is 10.1 Å². The van der Waals surface area contributed by atoms with E-state index in [0.717, 1.165) is 0 Å². The zero-order valence-corrected chi connectivity index (χ0v) is 12.8. The van der Waals surface area contributed by atoms with Crippen molar-refractivity contribution >= 4 is 11.7 Å². The molecule has 1 aromatic rings. The van der Waals surface area contributed by atoms with Gasteiger partial charge in [0.15, 0.2) is 12.4 Å². The molecule has 0 aromatic heterocycles. The van der Waals surface area contributed by atoms with Gasteiger partial charge in [-0.2, -0.15) is 5.26 Å². The fraction of sp³-hybridized carbons (Fsp3) is 0.438. The van der Waals surface area contributed by atoms with E-state index >= 15 is 0 Å². The molecule has 0 saturated heterocycles. The first-order chi connectivity index (χ1) is 9.78. The Balaban J connectivity index is 2.57. The van der Waals surface area contributed by atoms with Gasteiger partial charge in [-0.05, 0) is 44.0 Å². The van der Waals surface area contributed by atoms with Crippen LogP contribution in [0.4, 0.5) is 0 Å². The molecule has 1 amide bonds. The lowest BCUT2D eigenvalue weighted by molar-refractivity contribution is -0.124. The van der Waals surface area contributed by atoms with Gasteiger partial charge in [-0.1, -0.05) is 13.8 Å². The number of nitrogens with zero attached hydrogens (tertiary/aromatic N) is 1. The molecule has 5 nitrogen and oxygen atoms in total. The van der Waals surface area contributed by atoms with Gasteiger partial charge in [-0.15, -0.1) is 0 Å². The predicted octanol–water partition coefficient (Wildman–Crippen LogP) is 2.32. The molecule has 5 heteroatoms. The molecule has 1 unspecified atom stereocenters. The molecule has 0 aliphatic heterocycles. The molecule has 0 saturated carbocycles. The number of ether oxygens (including phenoxy) is 1. The summed E-state index contributed by atoms with van der Waals surface area (Å²) in [6.45, 7) is 6.72. The van der Waals surface area contributed by atoms with Crippen LogP contribution in [0.3, 0.4) is 0 Å². The summed E-state index contributed by atoms with van der Waals surface area (Å²) < 4.78 is 5.34. The lowest BCUT2D eigenvalue weighted by atomic mass is 9.90. The third-order valence-electron chi connectivity index (χ3n) is 3.42. The topological polar surface area (TPSA) is 79.2 Å². The molecule has 112 valence electrons. The van der Waals surface area contributed by atoms with Crippen molar-refractivity contribution in [2.75, 3.05) is 6.61 Å². The summed E-state index contributed by atoms with van der Waals surface area (Å²) >= 11 is 0. The Hall–Kier alpha value is -2.35. The quantitative estimate of drug-likeness (QED) is 0.815. The number of hydrogen-bond donors (Lipinski definition) is 1. The van der Waals surface area contributed by atoms with Crippen LogP contribution in [0.5, 0.6) is 5.75 Å². The van der Waals surface area contributed by atoms with Crippen LogP contribution >= 0.6 is 0 Å². The van der Waals surface area contributed by atoms with E-state index in [1.54, 1.807) is 31.2 Å². The molecular formula is C16H20N2O3. The molecule has 1 rings (SSSR count). The van der Waals surface area contributed by atoms with Gasteiger partial charge in [0.1, 0.15) is 11.3 Å². The Labute approximate surface area is 124 Å². The molecule has 0 aliphatic carbocycles. The van der Waals surface area contributed by atoms with Gasteiger partial charge < -0.3 is 10.1 Å². The Morgan fingerprint density at radius 1 is 1.33 bits per heavy atom. The van der Waals surface area contributed by atoms with Gasteiger partial charge in [0.05, 0.1) is 6.07 Å². The van der Waals surface area contributed by atoms with Gasteiger partial charge >= 0.3 is 0 Å². The summed E-state index contributed by atoms with van der Waals surface area (Å²) in [5, 5.41) is 11.8. The van der Waals surface area contributed by atoms with Crippen LogP contribution in [0.2, 0.25) is 0 Å². The van der Waals surface area contributed by atoms with E-state index in [2.05, 4.69) is 11.4 Å². The first kappa shape index (κ1) is 16.7. The van der Waals surface area contributed by atoms with Crippen molar-refractivity contribution in [3.63, 3.8) is 0 Å². The third-order valence-corrected chi connectivity index (χ3v) is 3.42.